The summed E-state index contributed by atoms with van der Waals surface area (Å²) in [6.07, 6.45) is 0. The highest BCUT2D eigenvalue weighted by molar-refractivity contribution is 6.11. The van der Waals surface area contributed by atoms with E-state index in [9.17, 15) is 19.2 Å². The van der Waals surface area contributed by atoms with Gasteiger partial charge in [-0.1, -0.05) is 0 Å². The van der Waals surface area contributed by atoms with Crippen LogP contribution in [0.5, 0.6) is 0 Å². The van der Waals surface area contributed by atoms with Crippen LogP contribution in [0.25, 0.3) is 0 Å². The quantitative estimate of drug-likeness (QED) is 0.786. The largest absolute Gasteiger partial charge is 0.478 e. The molecule has 0 atom stereocenters. The number of hydrogen-bond donors (Lipinski definition) is 2. The van der Waals surface area contributed by atoms with Crippen molar-refractivity contribution in [2.45, 2.75) is 6.92 Å². The van der Waals surface area contributed by atoms with E-state index in [1.807, 2.05) is 0 Å². The molecule has 2 N–H and O–H groups in total. The van der Waals surface area contributed by atoms with Crippen molar-refractivity contribution in [3.63, 3.8) is 0 Å². The van der Waals surface area contributed by atoms with Crippen LogP contribution < -0.4 is 0 Å². The molecule has 0 unspecified atom stereocenters. The van der Waals surface area contributed by atoms with Gasteiger partial charge in [-0.25, -0.2) is 19.2 Å². The van der Waals surface area contributed by atoms with Crippen molar-refractivity contribution in [3.8, 4) is 0 Å². The monoisotopic (exact) mass is 296 g/mol. The van der Waals surface area contributed by atoms with Gasteiger partial charge in [0.15, 0.2) is 0 Å². The number of carboxylic acids is 2. The zero-order chi connectivity index (χ0) is 16.3. The Morgan fingerprint density at radius 2 is 1.38 bits per heavy atom. The Kier molecular flexibility index (Phi) is 4.64. The summed E-state index contributed by atoms with van der Waals surface area (Å²) in [7, 11) is 2.10. The number of hydrogen-bond acceptors (Lipinski definition) is 6. The van der Waals surface area contributed by atoms with Gasteiger partial charge in [0, 0.05) is 0 Å². The van der Waals surface area contributed by atoms with Crippen molar-refractivity contribution < 1.29 is 38.9 Å². The fraction of sp³-hybridized carbons (Fsp3) is 0.231. The molecule has 0 fully saturated rings. The van der Waals surface area contributed by atoms with E-state index in [1.165, 1.54) is 6.92 Å². The van der Waals surface area contributed by atoms with E-state index >= 15 is 0 Å². The van der Waals surface area contributed by atoms with Gasteiger partial charge in [0.25, 0.3) is 0 Å². The maximum Gasteiger partial charge on any atom is 0.339 e. The van der Waals surface area contributed by atoms with Crippen molar-refractivity contribution in [2.75, 3.05) is 14.2 Å². The molecule has 0 heterocycles. The van der Waals surface area contributed by atoms with Crippen LogP contribution in [0.2, 0.25) is 0 Å². The molecule has 0 amide bonds. The Morgan fingerprint density at radius 1 is 0.857 bits per heavy atom. The van der Waals surface area contributed by atoms with E-state index in [4.69, 9.17) is 10.2 Å². The standard InChI is InChI=1S/C13H12O8/c1-5-8(11(16)17)6(10(14)15)4-7(12(18)20-2)9(5)13(19)21-3/h4H,1-3H3,(H,14,15)(H,16,17). The van der Waals surface area contributed by atoms with Crippen molar-refractivity contribution in [1.29, 1.82) is 0 Å². The minimum absolute atomic E-state index is 0.186. The second kappa shape index (κ2) is 6.04. The van der Waals surface area contributed by atoms with E-state index in [0.717, 1.165) is 20.3 Å². The van der Waals surface area contributed by atoms with Crippen LogP contribution in [0, 0.1) is 6.92 Å². The van der Waals surface area contributed by atoms with Gasteiger partial charge in [0.2, 0.25) is 0 Å². The Bertz CT molecular complexity index is 644. The van der Waals surface area contributed by atoms with Crippen LogP contribution in [0.15, 0.2) is 6.07 Å². The second-order valence-corrected chi connectivity index (χ2v) is 3.94. The molecule has 112 valence electrons. The normalized spacial score (nSPS) is 9.86. The molecule has 21 heavy (non-hydrogen) atoms. The van der Waals surface area contributed by atoms with Gasteiger partial charge in [-0.05, 0) is 18.6 Å². The minimum Gasteiger partial charge on any atom is -0.478 e. The van der Waals surface area contributed by atoms with Gasteiger partial charge < -0.3 is 19.7 Å². The third kappa shape index (κ3) is 2.83. The third-order valence-electron chi connectivity index (χ3n) is 2.82. The summed E-state index contributed by atoms with van der Waals surface area (Å²) < 4.78 is 8.98. The fourth-order valence-corrected chi connectivity index (χ4v) is 1.90. The molecule has 0 bridgehead atoms. The molecule has 8 nitrogen and oxygen atoms in total. The van der Waals surface area contributed by atoms with Crippen LogP contribution in [0.1, 0.15) is 47.0 Å². The lowest BCUT2D eigenvalue weighted by Gasteiger charge is -2.14. The van der Waals surface area contributed by atoms with E-state index in [-0.39, 0.29) is 16.7 Å². The topological polar surface area (TPSA) is 127 Å². The highest BCUT2D eigenvalue weighted by Gasteiger charge is 2.29. The molecule has 8 heteroatoms. The third-order valence-corrected chi connectivity index (χ3v) is 2.82. The second-order valence-electron chi connectivity index (χ2n) is 3.94. The lowest BCUT2D eigenvalue weighted by Crippen LogP contribution is -2.20. The van der Waals surface area contributed by atoms with Crippen LogP contribution in [-0.4, -0.2) is 48.3 Å². The first-order chi connectivity index (χ1) is 9.76. The maximum atomic E-state index is 11.8. The first-order valence-corrected chi connectivity index (χ1v) is 5.57. The number of esters is 2. The summed E-state index contributed by atoms with van der Waals surface area (Å²) in [5.74, 6) is -5.02. The molecule has 0 spiro atoms. The molecule has 1 aromatic rings. The molecule has 1 aromatic carbocycles. The van der Waals surface area contributed by atoms with Crippen LogP contribution >= 0.6 is 0 Å². The highest BCUT2D eigenvalue weighted by Crippen LogP contribution is 2.25. The summed E-state index contributed by atoms with van der Waals surface area (Å²) in [4.78, 5) is 45.8. The van der Waals surface area contributed by atoms with Crippen molar-refractivity contribution in [2.24, 2.45) is 0 Å². The minimum atomic E-state index is -1.54. The van der Waals surface area contributed by atoms with Gasteiger partial charge in [0.1, 0.15) is 0 Å². The average molecular weight is 296 g/mol. The van der Waals surface area contributed by atoms with E-state index in [2.05, 4.69) is 9.47 Å². The van der Waals surface area contributed by atoms with Crippen LogP contribution in [0.4, 0.5) is 0 Å². The van der Waals surface area contributed by atoms with Gasteiger partial charge in [-0.2, -0.15) is 0 Å². The number of ether oxygens (including phenoxy) is 2. The zero-order valence-electron chi connectivity index (χ0n) is 11.4. The number of carbonyl (C=O) groups excluding carboxylic acids is 2. The molecule has 0 aliphatic carbocycles. The molecular weight excluding hydrogens is 284 g/mol. The number of rotatable bonds is 4. The van der Waals surface area contributed by atoms with Gasteiger partial charge in [-0.3, -0.25) is 0 Å². The summed E-state index contributed by atoms with van der Waals surface area (Å²) in [6, 6.07) is 0.789. The first-order valence-electron chi connectivity index (χ1n) is 5.57. The smallest absolute Gasteiger partial charge is 0.339 e. The lowest BCUT2D eigenvalue weighted by atomic mass is 9.92. The molecule has 0 aromatic heterocycles. The Hall–Kier alpha value is -2.90. The number of carbonyl (C=O) groups is 4. The molecular formula is C13H12O8. The predicted molar refractivity (Wildman–Crippen MR) is 67.8 cm³/mol. The van der Waals surface area contributed by atoms with E-state index in [1.54, 1.807) is 0 Å². The number of benzene rings is 1. The maximum absolute atomic E-state index is 11.8. The first kappa shape index (κ1) is 16.2. The highest BCUT2D eigenvalue weighted by atomic mass is 16.5. The molecule has 0 aliphatic heterocycles. The summed E-state index contributed by atoms with van der Waals surface area (Å²) in [5, 5.41) is 18.2. The molecule has 1 rings (SSSR count). The summed E-state index contributed by atoms with van der Waals surface area (Å²) >= 11 is 0. The predicted octanol–water partition coefficient (Wildman–Crippen LogP) is 0.965. The number of aromatic carboxylic acids is 2. The van der Waals surface area contributed by atoms with Crippen molar-refractivity contribution in [1.82, 2.24) is 0 Å². The van der Waals surface area contributed by atoms with Crippen LogP contribution in [-0.2, 0) is 9.47 Å². The Labute approximate surface area is 118 Å². The zero-order valence-corrected chi connectivity index (χ0v) is 11.4. The average Bonchev–Trinajstić information content (AvgIpc) is 2.43. The Balaban J connectivity index is 3.88. The van der Waals surface area contributed by atoms with E-state index in [0.29, 0.717) is 0 Å². The van der Waals surface area contributed by atoms with Crippen molar-refractivity contribution in [3.05, 3.63) is 33.9 Å². The lowest BCUT2D eigenvalue weighted by molar-refractivity contribution is 0.0552. The number of carboxylic acid groups (broad SMARTS) is 2. The van der Waals surface area contributed by atoms with Crippen LogP contribution in [0.3, 0.4) is 0 Å². The van der Waals surface area contributed by atoms with Gasteiger partial charge >= 0.3 is 23.9 Å². The molecule has 0 aliphatic rings. The fourth-order valence-electron chi connectivity index (χ4n) is 1.90. The molecule has 0 saturated heterocycles. The Morgan fingerprint density at radius 3 is 1.76 bits per heavy atom. The van der Waals surface area contributed by atoms with Gasteiger partial charge in [0.05, 0.1) is 36.5 Å². The summed E-state index contributed by atoms with van der Waals surface area (Å²) in [5.41, 5.74) is -2.10. The molecule has 0 saturated carbocycles. The van der Waals surface area contributed by atoms with Gasteiger partial charge in [-0.15, -0.1) is 0 Å². The molecule has 0 radical (unpaired) electrons. The SMILES string of the molecule is COC(=O)c1cc(C(=O)O)c(C(=O)O)c(C)c1C(=O)OC. The summed E-state index contributed by atoms with van der Waals surface area (Å²) in [6.45, 7) is 1.22. The van der Waals surface area contributed by atoms with E-state index < -0.39 is 35.0 Å². The van der Waals surface area contributed by atoms with Crippen molar-refractivity contribution >= 4 is 23.9 Å². The number of methoxy groups -OCH3 is 2.